The molecule has 0 aliphatic rings. The molecule has 15 heteroatoms. The van der Waals surface area contributed by atoms with Crippen LogP contribution in [0, 0.1) is 13.8 Å². The lowest BCUT2D eigenvalue weighted by Crippen LogP contribution is -2.54. The molecule has 3 rings (SSSR count). The van der Waals surface area contributed by atoms with Crippen molar-refractivity contribution < 1.29 is 50.5 Å². The van der Waals surface area contributed by atoms with E-state index in [1.807, 2.05) is 0 Å². The molecule has 0 saturated carbocycles. The van der Waals surface area contributed by atoms with Crippen molar-refractivity contribution in [2.24, 2.45) is 0 Å². The first kappa shape index (κ1) is 25.9. The maximum absolute atomic E-state index is 13.8. The molecule has 35 heavy (non-hydrogen) atoms. The van der Waals surface area contributed by atoms with Crippen LogP contribution < -0.4 is 5.73 Å². The summed E-state index contributed by atoms with van der Waals surface area (Å²) in [5, 5.41) is 20.1. The molecule has 0 radical (unpaired) electrons. The lowest BCUT2D eigenvalue weighted by Gasteiger charge is -2.34. The number of oxazole rings is 1. The molecule has 188 valence electrons. The second-order valence-electron chi connectivity index (χ2n) is 7.28. The summed E-state index contributed by atoms with van der Waals surface area (Å²) in [5.41, 5.74) is 0.413. The van der Waals surface area contributed by atoms with E-state index in [0.717, 1.165) is 12.3 Å². The van der Waals surface area contributed by atoms with Gasteiger partial charge in [0.25, 0.3) is 0 Å². The number of nitrogen functional groups attached to an aromatic ring is 1. The highest BCUT2D eigenvalue weighted by molar-refractivity contribution is 5.76. The van der Waals surface area contributed by atoms with Gasteiger partial charge in [-0.15, -0.1) is 0 Å². The van der Waals surface area contributed by atoms with Crippen molar-refractivity contribution >= 4 is 11.8 Å². The van der Waals surface area contributed by atoms with Crippen LogP contribution in [-0.2, 0) is 15.1 Å². The first-order chi connectivity index (χ1) is 16.1. The van der Waals surface area contributed by atoms with Gasteiger partial charge in [-0.25, -0.2) is 19.7 Å². The number of ether oxygens (including phenoxy) is 1. The summed E-state index contributed by atoms with van der Waals surface area (Å²) in [6.07, 6.45) is -12.8. The highest BCUT2D eigenvalue weighted by Crippen LogP contribution is 2.44. The van der Waals surface area contributed by atoms with E-state index >= 15 is 0 Å². The Morgan fingerprint density at radius 2 is 1.77 bits per heavy atom. The zero-order chi connectivity index (χ0) is 26.3. The average molecular weight is 506 g/mol. The Kier molecular flexibility index (Phi) is 6.52. The number of aromatic nitrogens is 3. The predicted molar refractivity (Wildman–Crippen MR) is 105 cm³/mol. The SMILES string of the molecule is Cc1ncc(-c2nc(-c3cc(C(O)(C(O)OC(=O)C(F)(F)F)C(F)(F)F)ccc3C)cnc2N)o1. The summed E-state index contributed by atoms with van der Waals surface area (Å²) >= 11 is 0. The van der Waals surface area contributed by atoms with Crippen LogP contribution in [0.4, 0.5) is 32.2 Å². The van der Waals surface area contributed by atoms with Crippen LogP contribution >= 0.6 is 0 Å². The molecule has 0 spiro atoms. The fourth-order valence-corrected chi connectivity index (χ4v) is 3.02. The minimum atomic E-state index is -5.78. The Morgan fingerprint density at radius 1 is 1.11 bits per heavy atom. The van der Waals surface area contributed by atoms with Gasteiger partial charge in [0.1, 0.15) is 0 Å². The third-order valence-corrected chi connectivity index (χ3v) is 4.85. The van der Waals surface area contributed by atoms with Gasteiger partial charge in [0, 0.05) is 12.5 Å². The monoisotopic (exact) mass is 506 g/mol. The highest BCUT2D eigenvalue weighted by atomic mass is 19.4. The number of nitrogens with zero attached hydrogens (tertiary/aromatic N) is 3. The summed E-state index contributed by atoms with van der Waals surface area (Å²) in [5.74, 6) is -2.86. The van der Waals surface area contributed by atoms with Crippen LogP contribution in [0.25, 0.3) is 22.7 Å². The van der Waals surface area contributed by atoms with Crippen LogP contribution in [0.1, 0.15) is 17.0 Å². The molecule has 2 heterocycles. The second kappa shape index (κ2) is 8.81. The predicted octanol–water partition coefficient (Wildman–Crippen LogP) is 3.17. The minimum Gasteiger partial charge on any atom is -0.439 e. The van der Waals surface area contributed by atoms with Crippen LogP contribution in [0.3, 0.4) is 0 Å². The normalized spacial score (nSPS) is 14.9. The molecule has 4 N–H and O–H groups in total. The van der Waals surface area contributed by atoms with Crippen molar-refractivity contribution in [3.8, 4) is 22.7 Å². The molecule has 0 amide bonds. The van der Waals surface area contributed by atoms with Crippen molar-refractivity contribution in [2.75, 3.05) is 5.73 Å². The number of benzene rings is 1. The summed E-state index contributed by atoms with van der Waals surface area (Å²) in [7, 11) is 0. The fraction of sp³-hybridized carbons (Fsp3) is 0.300. The van der Waals surface area contributed by atoms with Crippen molar-refractivity contribution in [1.82, 2.24) is 15.0 Å². The molecular weight excluding hydrogens is 490 g/mol. The summed E-state index contributed by atoms with van der Waals surface area (Å²) in [6.45, 7) is 3.00. The van der Waals surface area contributed by atoms with Crippen molar-refractivity contribution in [1.29, 1.82) is 0 Å². The molecule has 1 aromatic carbocycles. The molecular formula is C20H16F6N4O5. The van der Waals surface area contributed by atoms with Gasteiger partial charge in [0.2, 0.25) is 11.9 Å². The fourth-order valence-electron chi connectivity index (χ4n) is 3.02. The molecule has 2 atom stereocenters. The lowest BCUT2D eigenvalue weighted by atomic mass is 9.89. The number of carbonyl (C=O) groups is 1. The molecule has 3 aromatic rings. The summed E-state index contributed by atoms with van der Waals surface area (Å²) in [4.78, 5) is 23.0. The maximum atomic E-state index is 13.8. The Bertz CT molecular complexity index is 1260. The molecule has 2 unspecified atom stereocenters. The van der Waals surface area contributed by atoms with E-state index in [4.69, 9.17) is 10.2 Å². The number of aliphatic hydroxyl groups excluding tert-OH is 1. The zero-order valence-corrected chi connectivity index (χ0v) is 17.8. The average Bonchev–Trinajstić information content (AvgIpc) is 3.18. The molecule has 0 fully saturated rings. The number of halogens is 6. The number of esters is 1. The Labute approximate surface area is 192 Å². The van der Waals surface area contributed by atoms with Gasteiger partial charge in [0.05, 0.1) is 18.1 Å². The van der Waals surface area contributed by atoms with E-state index < -0.39 is 35.8 Å². The number of rotatable bonds is 5. The first-order valence-electron chi connectivity index (χ1n) is 9.47. The molecule has 0 saturated heterocycles. The van der Waals surface area contributed by atoms with E-state index in [2.05, 4.69) is 19.7 Å². The second-order valence-corrected chi connectivity index (χ2v) is 7.28. The number of aryl methyl sites for hydroxylation is 2. The number of aliphatic hydroxyl groups is 2. The largest absolute Gasteiger partial charge is 0.491 e. The Balaban J connectivity index is 2.12. The smallest absolute Gasteiger partial charge is 0.439 e. The number of hydrogen-bond donors (Lipinski definition) is 3. The number of nitrogens with two attached hydrogens (primary N) is 1. The van der Waals surface area contributed by atoms with E-state index in [1.54, 1.807) is 6.92 Å². The quantitative estimate of drug-likeness (QED) is 0.270. The van der Waals surface area contributed by atoms with Crippen molar-refractivity contribution in [3.63, 3.8) is 0 Å². The van der Waals surface area contributed by atoms with Crippen LogP contribution in [-0.4, -0.2) is 49.8 Å². The highest BCUT2D eigenvalue weighted by Gasteiger charge is 2.63. The van der Waals surface area contributed by atoms with Gasteiger partial charge in [-0.3, -0.25) is 0 Å². The van der Waals surface area contributed by atoms with E-state index in [-0.39, 0.29) is 34.4 Å². The van der Waals surface area contributed by atoms with E-state index in [0.29, 0.717) is 17.7 Å². The zero-order valence-electron chi connectivity index (χ0n) is 17.8. The molecule has 0 aliphatic carbocycles. The van der Waals surface area contributed by atoms with Crippen molar-refractivity contribution in [3.05, 3.63) is 47.6 Å². The van der Waals surface area contributed by atoms with Gasteiger partial charge >= 0.3 is 18.3 Å². The third-order valence-electron chi connectivity index (χ3n) is 4.85. The number of anilines is 1. The number of hydrogen-bond acceptors (Lipinski definition) is 9. The third kappa shape index (κ3) is 4.90. The van der Waals surface area contributed by atoms with Gasteiger partial charge in [-0.1, -0.05) is 12.1 Å². The van der Waals surface area contributed by atoms with Crippen LogP contribution in [0.5, 0.6) is 0 Å². The summed E-state index contributed by atoms with van der Waals surface area (Å²) in [6, 6.07) is 2.49. The van der Waals surface area contributed by atoms with E-state index in [9.17, 15) is 41.4 Å². The van der Waals surface area contributed by atoms with Gasteiger partial charge in [-0.05, 0) is 24.1 Å². The van der Waals surface area contributed by atoms with Gasteiger partial charge < -0.3 is 25.1 Å². The Hall–Kier alpha value is -3.72. The maximum Gasteiger partial charge on any atom is 0.491 e. The van der Waals surface area contributed by atoms with Gasteiger partial charge in [-0.2, -0.15) is 26.3 Å². The standard InChI is InChI=1S/C20H16F6N4O5/c1-8-3-4-10(18(33,20(24,25)26)16(31)35-17(32)19(21,22)23)5-11(8)12-6-29-15(27)14(30-12)13-7-28-9(2)34-13/h3-7,16,31,33H,1-2H3,(H2,27,29). The molecule has 9 nitrogen and oxygen atoms in total. The minimum absolute atomic E-state index is 0.00173. The van der Waals surface area contributed by atoms with E-state index in [1.165, 1.54) is 13.1 Å². The number of carbonyl (C=O) groups excluding carboxylic acids is 1. The molecule has 0 bridgehead atoms. The summed E-state index contributed by atoms with van der Waals surface area (Å²) < 4.78 is 87.7. The molecule has 2 aromatic heterocycles. The van der Waals surface area contributed by atoms with Crippen LogP contribution in [0.2, 0.25) is 0 Å². The van der Waals surface area contributed by atoms with Crippen LogP contribution in [0.15, 0.2) is 35.0 Å². The van der Waals surface area contributed by atoms with Gasteiger partial charge in [0.15, 0.2) is 23.2 Å². The lowest BCUT2D eigenvalue weighted by molar-refractivity contribution is -0.340. The molecule has 0 aliphatic heterocycles. The van der Waals surface area contributed by atoms with Crippen molar-refractivity contribution in [2.45, 2.75) is 38.1 Å². The Morgan fingerprint density at radius 3 is 2.31 bits per heavy atom. The topological polar surface area (TPSA) is 145 Å². The number of alkyl halides is 6. The first-order valence-corrected chi connectivity index (χ1v) is 9.47.